The number of hydrogen-bond donors (Lipinski definition) is 1. The molecule has 2 aromatic heterocycles. The molecule has 12 heteroatoms. The molecule has 1 aliphatic rings. The van der Waals surface area contributed by atoms with E-state index in [4.69, 9.17) is 9.47 Å². The van der Waals surface area contributed by atoms with Gasteiger partial charge in [0.2, 0.25) is 5.78 Å². The quantitative estimate of drug-likeness (QED) is 0.432. The molecule has 3 heterocycles. The zero-order valence-electron chi connectivity index (χ0n) is 20.0. The maximum atomic E-state index is 12.8. The normalized spacial score (nSPS) is 15.3. The van der Waals surface area contributed by atoms with Crippen LogP contribution in [0.3, 0.4) is 0 Å². The van der Waals surface area contributed by atoms with Crippen LogP contribution in [0, 0.1) is 26.7 Å². The molecule has 1 aliphatic heterocycles. The van der Waals surface area contributed by atoms with E-state index in [1.54, 1.807) is 39.3 Å². The summed E-state index contributed by atoms with van der Waals surface area (Å²) in [5.74, 6) is -1.46. The van der Waals surface area contributed by atoms with Crippen molar-refractivity contribution in [2.24, 2.45) is 13.0 Å². The smallest absolute Gasteiger partial charge is 0.340 e. The first-order valence-corrected chi connectivity index (χ1v) is 12.5. The summed E-state index contributed by atoms with van der Waals surface area (Å²) in [6.45, 7) is 6.75. The number of ether oxygens (including phenoxy) is 2. The number of esters is 2. The molecule has 0 saturated carbocycles. The minimum absolute atomic E-state index is 0.0158. The Morgan fingerprint density at radius 2 is 1.79 bits per heavy atom. The summed E-state index contributed by atoms with van der Waals surface area (Å²) >= 11 is 0. The Balaban J connectivity index is 1.56. The molecule has 1 saturated heterocycles. The van der Waals surface area contributed by atoms with Crippen LogP contribution in [0.5, 0.6) is 0 Å². The number of sulfonamides is 1. The molecule has 1 fully saturated rings. The van der Waals surface area contributed by atoms with Crippen LogP contribution in [-0.2, 0) is 31.3 Å². The summed E-state index contributed by atoms with van der Waals surface area (Å²) in [4.78, 5) is 44.2. The van der Waals surface area contributed by atoms with E-state index in [1.165, 1.54) is 10.5 Å². The highest BCUT2D eigenvalue weighted by molar-refractivity contribution is 7.89. The number of H-pyrrole nitrogens is 1. The molecule has 0 atom stereocenters. The summed E-state index contributed by atoms with van der Waals surface area (Å²) in [5, 5.41) is -0.0158. The molecule has 0 bridgehead atoms. The molecule has 34 heavy (non-hydrogen) atoms. The largest absolute Gasteiger partial charge is 0.462 e. The summed E-state index contributed by atoms with van der Waals surface area (Å²) in [6, 6.07) is 0. The predicted octanol–water partition coefficient (Wildman–Crippen LogP) is 1.68. The van der Waals surface area contributed by atoms with Crippen molar-refractivity contribution in [1.29, 1.82) is 0 Å². The van der Waals surface area contributed by atoms with E-state index in [-0.39, 0.29) is 43.3 Å². The second-order valence-corrected chi connectivity index (χ2v) is 10.2. The van der Waals surface area contributed by atoms with E-state index >= 15 is 0 Å². The number of piperidine rings is 1. The Hall–Kier alpha value is -2.99. The summed E-state index contributed by atoms with van der Waals surface area (Å²) in [5.41, 5.74) is 1.44. The number of aryl methyl sites for hydroxylation is 3. The fraction of sp³-hybridized carbons (Fsp3) is 0.545. The van der Waals surface area contributed by atoms with Gasteiger partial charge in [-0.3, -0.25) is 9.59 Å². The number of nitrogens with zero attached hydrogens (tertiary/aromatic N) is 3. The number of ketones is 1. The molecule has 0 unspecified atom stereocenters. The lowest BCUT2D eigenvalue weighted by Gasteiger charge is -2.29. The second kappa shape index (κ2) is 10.1. The van der Waals surface area contributed by atoms with Crippen LogP contribution >= 0.6 is 0 Å². The van der Waals surface area contributed by atoms with Crippen molar-refractivity contribution in [2.75, 3.05) is 26.3 Å². The fourth-order valence-electron chi connectivity index (χ4n) is 3.98. The first-order chi connectivity index (χ1) is 16.0. The highest BCUT2D eigenvalue weighted by atomic mass is 32.2. The molecular formula is C22H30N4O7S. The lowest BCUT2D eigenvalue weighted by Crippen LogP contribution is -2.41. The van der Waals surface area contributed by atoms with E-state index in [0.29, 0.717) is 22.6 Å². The summed E-state index contributed by atoms with van der Waals surface area (Å²) < 4.78 is 38.8. The Morgan fingerprint density at radius 1 is 1.15 bits per heavy atom. The highest BCUT2D eigenvalue weighted by Crippen LogP contribution is 2.25. The highest BCUT2D eigenvalue weighted by Gasteiger charge is 2.34. The third-order valence-corrected chi connectivity index (χ3v) is 7.79. The zero-order chi connectivity index (χ0) is 25.2. The van der Waals surface area contributed by atoms with Gasteiger partial charge in [-0.1, -0.05) is 0 Å². The van der Waals surface area contributed by atoms with Crippen molar-refractivity contribution in [3.05, 3.63) is 34.5 Å². The number of rotatable bonds is 8. The van der Waals surface area contributed by atoms with Crippen LogP contribution in [0.1, 0.15) is 57.7 Å². The first kappa shape index (κ1) is 25.6. The summed E-state index contributed by atoms with van der Waals surface area (Å²) in [7, 11) is -2.02. The molecule has 0 spiro atoms. The standard InChI is InChI=1S/C22H30N4O7S/c1-6-32-22(29)19-13(2)20(23-14(19)3)17(27)12-33-21(28)16-7-9-26(10-8-16)34(30,31)18-11-25(5)15(4)24-18/h11,16,23H,6-10,12H2,1-5H3. The summed E-state index contributed by atoms with van der Waals surface area (Å²) in [6.07, 6.45) is 2.03. The van der Waals surface area contributed by atoms with Crippen LogP contribution in [0.2, 0.25) is 0 Å². The molecule has 186 valence electrons. The van der Waals surface area contributed by atoms with Gasteiger partial charge in [0, 0.05) is 32.0 Å². The van der Waals surface area contributed by atoms with Crippen molar-refractivity contribution >= 4 is 27.7 Å². The Morgan fingerprint density at radius 3 is 2.35 bits per heavy atom. The molecule has 0 aromatic carbocycles. The molecule has 11 nitrogen and oxygen atoms in total. The maximum Gasteiger partial charge on any atom is 0.340 e. The van der Waals surface area contributed by atoms with Gasteiger partial charge < -0.3 is 19.0 Å². The molecule has 0 aliphatic carbocycles. The number of imidazole rings is 1. The number of aromatic amines is 1. The van der Waals surface area contributed by atoms with Crippen LogP contribution < -0.4 is 0 Å². The zero-order valence-corrected chi connectivity index (χ0v) is 20.8. The maximum absolute atomic E-state index is 12.8. The van der Waals surface area contributed by atoms with Gasteiger partial charge in [-0.15, -0.1) is 0 Å². The molecule has 0 amide bonds. The molecule has 1 N–H and O–H groups in total. The molecule has 0 radical (unpaired) electrons. The number of nitrogens with one attached hydrogen (secondary N) is 1. The second-order valence-electron chi connectivity index (χ2n) is 8.29. The van der Waals surface area contributed by atoms with E-state index in [1.807, 2.05) is 0 Å². The van der Waals surface area contributed by atoms with E-state index in [0.717, 1.165) is 0 Å². The SMILES string of the molecule is CCOC(=O)c1c(C)[nH]c(C(=O)COC(=O)C2CCN(S(=O)(=O)c3cn(C)c(C)n3)CC2)c1C. The van der Waals surface area contributed by atoms with Crippen molar-refractivity contribution in [2.45, 2.75) is 45.6 Å². The van der Waals surface area contributed by atoms with Crippen LogP contribution in [0.15, 0.2) is 11.2 Å². The topological polar surface area (TPSA) is 141 Å². The minimum Gasteiger partial charge on any atom is -0.462 e. The monoisotopic (exact) mass is 494 g/mol. The Bertz CT molecular complexity index is 1180. The molecule has 2 aromatic rings. The third kappa shape index (κ3) is 5.07. The van der Waals surface area contributed by atoms with Crippen LogP contribution in [0.4, 0.5) is 0 Å². The predicted molar refractivity (Wildman–Crippen MR) is 121 cm³/mol. The van der Waals surface area contributed by atoms with Gasteiger partial charge in [-0.05, 0) is 46.1 Å². The van der Waals surface area contributed by atoms with Gasteiger partial charge in [-0.25, -0.2) is 18.2 Å². The lowest BCUT2D eigenvalue weighted by atomic mass is 9.98. The van der Waals surface area contributed by atoms with Crippen LogP contribution in [-0.4, -0.2) is 71.3 Å². The van der Waals surface area contributed by atoms with E-state index < -0.39 is 40.3 Å². The van der Waals surface area contributed by atoms with Crippen molar-refractivity contribution < 1.29 is 32.3 Å². The van der Waals surface area contributed by atoms with Gasteiger partial charge in [0.1, 0.15) is 5.82 Å². The first-order valence-electron chi connectivity index (χ1n) is 11.0. The number of carbonyl (C=O) groups excluding carboxylic acids is 3. The number of hydrogen-bond acceptors (Lipinski definition) is 8. The van der Waals surface area contributed by atoms with Gasteiger partial charge in [-0.2, -0.15) is 4.31 Å². The van der Waals surface area contributed by atoms with Gasteiger partial charge in [0.15, 0.2) is 11.6 Å². The Labute approximate surface area is 198 Å². The van der Waals surface area contributed by atoms with Gasteiger partial charge >= 0.3 is 11.9 Å². The van der Waals surface area contributed by atoms with E-state index in [2.05, 4.69) is 9.97 Å². The fourth-order valence-corrected chi connectivity index (χ4v) is 5.47. The van der Waals surface area contributed by atoms with Crippen LogP contribution in [0.25, 0.3) is 0 Å². The minimum atomic E-state index is -3.74. The van der Waals surface area contributed by atoms with E-state index in [9.17, 15) is 22.8 Å². The molecular weight excluding hydrogens is 464 g/mol. The average Bonchev–Trinajstić information content (AvgIpc) is 3.30. The van der Waals surface area contributed by atoms with Crippen molar-refractivity contribution in [1.82, 2.24) is 18.8 Å². The van der Waals surface area contributed by atoms with Crippen molar-refractivity contribution in [3.63, 3.8) is 0 Å². The number of Topliss-reactive ketones (excluding diaryl/α,β-unsaturated/α-hetero) is 1. The third-order valence-electron chi connectivity index (χ3n) is 6.02. The van der Waals surface area contributed by atoms with Gasteiger partial charge in [0.25, 0.3) is 10.0 Å². The molecule has 3 rings (SSSR count). The van der Waals surface area contributed by atoms with Gasteiger partial charge in [0.05, 0.1) is 23.8 Å². The number of carbonyl (C=O) groups is 3. The Kier molecular flexibility index (Phi) is 7.61. The van der Waals surface area contributed by atoms with Crippen molar-refractivity contribution in [3.8, 4) is 0 Å². The lowest BCUT2D eigenvalue weighted by molar-refractivity contribution is -0.148. The average molecular weight is 495 g/mol. The number of aromatic nitrogens is 3.